The predicted molar refractivity (Wildman–Crippen MR) is 106 cm³/mol. The lowest BCUT2D eigenvalue weighted by Crippen LogP contribution is -2.32. The van der Waals surface area contributed by atoms with Crippen LogP contribution in [0.3, 0.4) is 0 Å². The summed E-state index contributed by atoms with van der Waals surface area (Å²) in [6.45, 7) is 3.85. The Kier molecular flexibility index (Phi) is 5.42. The summed E-state index contributed by atoms with van der Waals surface area (Å²) in [6, 6.07) is 9.93. The zero-order valence-electron chi connectivity index (χ0n) is 14.4. The minimum atomic E-state index is -0.640. The third-order valence-electron chi connectivity index (χ3n) is 3.70. The second-order valence-electron chi connectivity index (χ2n) is 5.47. The number of aromatic nitrogens is 2. The highest BCUT2D eigenvalue weighted by Gasteiger charge is 2.11. The van der Waals surface area contributed by atoms with Crippen LogP contribution >= 0.6 is 11.6 Å². The minimum absolute atomic E-state index is 0.269. The highest BCUT2D eigenvalue weighted by Crippen LogP contribution is 2.36. The lowest BCUT2D eigenvalue weighted by molar-refractivity contribution is 0.326. The number of benzene rings is 2. The molecule has 0 saturated heterocycles. The lowest BCUT2D eigenvalue weighted by Gasteiger charge is -2.11. The number of ether oxygens (including phenoxy) is 2. The maximum atomic E-state index is 12.5. The maximum Gasteiger partial charge on any atom is 0.349 e. The van der Waals surface area contributed by atoms with Gasteiger partial charge in [0.2, 0.25) is 0 Å². The maximum absolute atomic E-state index is 12.5. The summed E-state index contributed by atoms with van der Waals surface area (Å²) in [5.41, 5.74) is -0.178. The fourth-order valence-corrected chi connectivity index (χ4v) is 2.75. The Hall–Kier alpha value is -3.32. The van der Waals surface area contributed by atoms with Crippen molar-refractivity contribution in [3.05, 3.63) is 80.5 Å². The molecule has 0 aliphatic heterocycles. The molecule has 0 aliphatic rings. The third-order valence-corrected chi connectivity index (χ3v) is 3.98. The van der Waals surface area contributed by atoms with Crippen molar-refractivity contribution in [3.63, 3.8) is 0 Å². The number of nitrogens with one attached hydrogen (secondary N) is 1. The Balaban J connectivity index is 2.03. The van der Waals surface area contributed by atoms with Crippen molar-refractivity contribution in [3.8, 4) is 11.5 Å². The molecule has 0 radical (unpaired) electrons. The number of hydrogen-bond acceptors (Lipinski definition) is 5. The molecule has 2 aromatic carbocycles. The molecular formula is C19H16ClN3O4. The zero-order valence-corrected chi connectivity index (χ0v) is 15.2. The molecule has 0 aliphatic carbocycles. The van der Waals surface area contributed by atoms with E-state index >= 15 is 0 Å². The van der Waals surface area contributed by atoms with Crippen LogP contribution in [-0.2, 0) is 0 Å². The van der Waals surface area contributed by atoms with E-state index < -0.39 is 11.2 Å². The molecule has 0 spiro atoms. The van der Waals surface area contributed by atoms with Crippen molar-refractivity contribution in [2.75, 3.05) is 13.7 Å². The summed E-state index contributed by atoms with van der Waals surface area (Å²) < 4.78 is 11.5. The van der Waals surface area contributed by atoms with E-state index in [1.165, 1.54) is 13.3 Å². The largest absolute Gasteiger partial charge is 0.493 e. The van der Waals surface area contributed by atoms with Crippen molar-refractivity contribution in [1.82, 2.24) is 9.66 Å². The van der Waals surface area contributed by atoms with Gasteiger partial charge in [0.15, 0.2) is 11.5 Å². The van der Waals surface area contributed by atoms with Crippen LogP contribution in [0.1, 0.15) is 5.56 Å². The highest BCUT2D eigenvalue weighted by atomic mass is 35.5. The third kappa shape index (κ3) is 3.78. The molecule has 1 aromatic heterocycles. The van der Waals surface area contributed by atoms with Gasteiger partial charge in [-0.05, 0) is 29.8 Å². The van der Waals surface area contributed by atoms with Gasteiger partial charge < -0.3 is 14.5 Å². The molecule has 0 saturated carbocycles. The monoisotopic (exact) mass is 385 g/mol. The first-order valence-electron chi connectivity index (χ1n) is 7.95. The quantitative estimate of drug-likeness (QED) is 0.522. The smallest absolute Gasteiger partial charge is 0.349 e. The number of fused-ring (bicyclic) bond motifs is 1. The van der Waals surface area contributed by atoms with Crippen LogP contribution in [-0.4, -0.2) is 29.6 Å². The second-order valence-corrected chi connectivity index (χ2v) is 5.88. The molecule has 0 bridgehead atoms. The molecule has 1 N–H and O–H groups in total. The van der Waals surface area contributed by atoms with E-state index in [2.05, 4.69) is 16.7 Å². The standard InChI is InChI=1S/C19H16ClN3O4/c1-3-8-27-17-14(20)9-12(10-16(17)26-2)11-21-23-18(24)13-6-4-5-7-15(13)22-19(23)25/h3-7,9-11H,1,8H2,2H3,(H,22,25). The summed E-state index contributed by atoms with van der Waals surface area (Å²) in [5, 5.41) is 4.66. The first kappa shape index (κ1) is 18.5. The Bertz CT molecular complexity index is 1150. The van der Waals surface area contributed by atoms with Crippen LogP contribution in [0.5, 0.6) is 11.5 Å². The van der Waals surface area contributed by atoms with Crippen LogP contribution < -0.4 is 20.7 Å². The number of para-hydroxylation sites is 1. The molecule has 0 unspecified atom stereocenters. The van der Waals surface area contributed by atoms with Crippen molar-refractivity contribution in [1.29, 1.82) is 0 Å². The van der Waals surface area contributed by atoms with Gasteiger partial charge in [0.25, 0.3) is 5.56 Å². The van der Waals surface area contributed by atoms with E-state index in [1.807, 2.05) is 0 Å². The first-order valence-corrected chi connectivity index (χ1v) is 8.32. The summed E-state index contributed by atoms with van der Waals surface area (Å²) in [4.78, 5) is 27.2. The van der Waals surface area contributed by atoms with Gasteiger partial charge in [0.05, 0.1) is 29.2 Å². The van der Waals surface area contributed by atoms with Gasteiger partial charge in [-0.3, -0.25) is 4.79 Å². The zero-order chi connectivity index (χ0) is 19.4. The molecule has 7 nitrogen and oxygen atoms in total. The average Bonchev–Trinajstić information content (AvgIpc) is 2.66. The fourth-order valence-electron chi connectivity index (χ4n) is 2.48. The van der Waals surface area contributed by atoms with Crippen LogP contribution in [0.15, 0.2) is 63.7 Å². The molecule has 27 heavy (non-hydrogen) atoms. The fraction of sp³-hybridized carbons (Fsp3) is 0.105. The summed E-state index contributed by atoms with van der Waals surface area (Å²) in [7, 11) is 1.48. The van der Waals surface area contributed by atoms with Gasteiger partial charge in [-0.1, -0.05) is 36.4 Å². The van der Waals surface area contributed by atoms with Gasteiger partial charge in [0, 0.05) is 0 Å². The van der Waals surface area contributed by atoms with Crippen molar-refractivity contribution in [2.45, 2.75) is 0 Å². The van der Waals surface area contributed by atoms with E-state index in [9.17, 15) is 9.59 Å². The van der Waals surface area contributed by atoms with E-state index in [0.717, 1.165) is 4.68 Å². The lowest BCUT2D eigenvalue weighted by atomic mass is 10.2. The normalized spacial score (nSPS) is 11.0. The minimum Gasteiger partial charge on any atom is -0.493 e. The first-order chi connectivity index (χ1) is 13.0. The molecule has 3 rings (SSSR count). The molecular weight excluding hydrogens is 370 g/mol. The Labute approximate surface area is 159 Å². The highest BCUT2D eigenvalue weighted by molar-refractivity contribution is 6.32. The van der Waals surface area contributed by atoms with Gasteiger partial charge in [-0.15, -0.1) is 4.68 Å². The molecule has 1 heterocycles. The summed E-state index contributed by atoms with van der Waals surface area (Å²) in [5.74, 6) is 0.766. The molecule has 0 fully saturated rings. The average molecular weight is 386 g/mol. The number of H-pyrrole nitrogens is 1. The van der Waals surface area contributed by atoms with Crippen molar-refractivity contribution in [2.24, 2.45) is 5.10 Å². The van der Waals surface area contributed by atoms with Crippen LogP contribution in [0.4, 0.5) is 0 Å². The SMILES string of the molecule is C=CCOc1c(Cl)cc(C=Nn2c(=O)[nH]c3ccccc3c2=O)cc1OC. The van der Waals surface area contributed by atoms with E-state index in [4.69, 9.17) is 21.1 Å². The number of nitrogens with zero attached hydrogens (tertiary/aromatic N) is 2. The molecule has 8 heteroatoms. The van der Waals surface area contributed by atoms with Crippen molar-refractivity contribution >= 4 is 28.7 Å². The van der Waals surface area contributed by atoms with Gasteiger partial charge in [-0.2, -0.15) is 5.10 Å². The van der Waals surface area contributed by atoms with E-state index in [-0.39, 0.29) is 6.61 Å². The Morgan fingerprint density at radius 2 is 2.07 bits per heavy atom. The Morgan fingerprint density at radius 1 is 1.30 bits per heavy atom. The van der Waals surface area contributed by atoms with Crippen LogP contribution in [0, 0.1) is 0 Å². The predicted octanol–water partition coefficient (Wildman–Crippen LogP) is 2.80. The molecule has 0 atom stereocenters. The van der Waals surface area contributed by atoms with Crippen molar-refractivity contribution < 1.29 is 9.47 Å². The number of halogens is 1. The molecule has 138 valence electrons. The van der Waals surface area contributed by atoms with Gasteiger partial charge in [0.1, 0.15) is 6.61 Å². The molecule has 3 aromatic rings. The van der Waals surface area contributed by atoms with Gasteiger partial charge >= 0.3 is 5.69 Å². The summed E-state index contributed by atoms with van der Waals surface area (Å²) >= 11 is 6.23. The Morgan fingerprint density at radius 3 is 2.81 bits per heavy atom. The van der Waals surface area contributed by atoms with Crippen LogP contribution in [0.25, 0.3) is 10.9 Å². The van der Waals surface area contributed by atoms with E-state index in [0.29, 0.717) is 33.0 Å². The molecule has 0 amide bonds. The topological polar surface area (TPSA) is 85.7 Å². The number of aromatic amines is 1. The summed E-state index contributed by atoms with van der Waals surface area (Å²) in [6.07, 6.45) is 2.93. The number of methoxy groups -OCH3 is 1. The van der Waals surface area contributed by atoms with Crippen LogP contribution in [0.2, 0.25) is 5.02 Å². The second kappa shape index (κ2) is 7.92. The number of hydrogen-bond donors (Lipinski definition) is 1. The van der Waals surface area contributed by atoms with Gasteiger partial charge in [-0.25, -0.2) is 4.79 Å². The number of rotatable bonds is 6. The van der Waals surface area contributed by atoms with E-state index in [1.54, 1.807) is 42.5 Å².